The van der Waals surface area contributed by atoms with Crippen molar-refractivity contribution in [3.63, 3.8) is 0 Å². The molecule has 0 aliphatic rings. The predicted molar refractivity (Wildman–Crippen MR) is 340 cm³/mol. The third kappa shape index (κ3) is 58.2. The molecule has 0 aliphatic carbocycles. The summed E-state index contributed by atoms with van der Waals surface area (Å²) in [4.78, 5) is 72.2. The molecule has 504 valence electrons. The van der Waals surface area contributed by atoms with Crippen LogP contribution in [0.4, 0.5) is 0 Å². The van der Waals surface area contributed by atoms with Gasteiger partial charge in [0.1, 0.15) is 19.3 Å². The zero-order chi connectivity index (χ0) is 62.9. The van der Waals surface area contributed by atoms with Crippen LogP contribution in [0.25, 0.3) is 0 Å². The summed E-state index contributed by atoms with van der Waals surface area (Å²) in [5.74, 6) is -0.558. The Bertz CT molecular complexity index is 1670. The lowest BCUT2D eigenvalue weighted by molar-refractivity contribution is -0.161. The summed E-state index contributed by atoms with van der Waals surface area (Å²) in [6, 6.07) is 0. The van der Waals surface area contributed by atoms with E-state index in [0.717, 1.165) is 115 Å². The fourth-order valence-corrected chi connectivity index (χ4v) is 11.4. The lowest BCUT2D eigenvalue weighted by Gasteiger charge is -2.21. The Balaban J connectivity index is 5.18. The molecule has 0 aromatic carbocycles. The van der Waals surface area contributed by atoms with E-state index in [0.29, 0.717) is 25.7 Å². The van der Waals surface area contributed by atoms with Gasteiger partial charge in [0.25, 0.3) is 0 Å². The van der Waals surface area contributed by atoms with Crippen LogP contribution >= 0.6 is 15.6 Å². The van der Waals surface area contributed by atoms with Gasteiger partial charge in [0.05, 0.1) is 26.4 Å². The Kier molecular flexibility index (Phi) is 57.1. The van der Waals surface area contributed by atoms with Crippen LogP contribution < -0.4 is 0 Å². The Labute approximate surface area is 517 Å². The summed E-state index contributed by atoms with van der Waals surface area (Å²) >= 11 is 0. The molecule has 4 unspecified atom stereocenters. The fraction of sp³-hybridized carbons (Fsp3) is 0.939. The van der Waals surface area contributed by atoms with Crippen molar-refractivity contribution in [1.82, 2.24) is 0 Å². The number of unbranched alkanes of at least 4 members (excludes halogenated alkanes) is 33. The van der Waals surface area contributed by atoms with E-state index in [9.17, 15) is 43.2 Å². The molecule has 17 nitrogen and oxygen atoms in total. The number of carbonyl (C=O) groups is 4. The molecule has 7 atom stereocenters. The summed E-state index contributed by atoms with van der Waals surface area (Å²) in [7, 11) is -9.89. The van der Waals surface area contributed by atoms with Gasteiger partial charge in [-0.15, -0.1) is 0 Å². The number of hydrogen-bond acceptors (Lipinski definition) is 15. The smallest absolute Gasteiger partial charge is 0.462 e. The molecule has 0 rings (SSSR count). The molecule has 0 heterocycles. The standard InChI is InChI=1S/C66H128O17P2/c1-7-11-13-15-17-25-30-38-44-50-65(70)82-61(54-76-63(68)48-42-36-29-18-16-14-12-8-2)56-80-84(72,73)78-52-60(67)53-79-85(74,75)81-57-62(55-77-64(69)49-43-37-33-32-35-41-47-59(6)10-4)83-66(71)51-45-39-31-27-24-22-20-19-21-23-26-28-34-40-46-58(5)9-3/h58-62,67H,7-57H2,1-6H3,(H,72,73)(H,74,75)/t58?,59?,60-,61+,62+/m0/s1. The van der Waals surface area contributed by atoms with Crippen molar-refractivity contribution < 1.29 is 80.2 Å². The summed E-state index contributed by atoms with van der Waals surface area (Å²) in [5.41, 5.74) is 0. The Morgan fingerprint density at radius 3 is 0.835 bits per heavy atom. The lowest BCUT2D eigenvalue weighted by atomic mass is 9.99. The van der Waals surface area contributed by atoms with Gasteiger partial charge in [0, 0.05) is 25.7 Å². The van der Waals surface area contributed by atoms with E-state index >= 15 is 0 Å². The van der Waals surface area contributed by atoms with Crippen LogP contribution in [0.3, 0.4) is 0 Å². The van der Waals surface area contributed by atoms with E-state index in [1.54, 1.807) is 0 Å². The zero-order valence-electron chi connectivity index (χ0n) is 54.9. The average Bonchev–Trinajstić information content (AvgIpc) is 3.62. The maximum Gasteiger partial charge on any atom is 0.472 e. The van der Waals surface area contributed by atoms with Gasteiger partial charge in [-0.05, 0) is 37.5 Å². The average molecular weight is 1260 g/mol. The first-order valence-corrected chi connectivity index (χ1v) is 37.6. The van der Waals surface area contributed by atoms with Gasteiger partial charge in [-0.2, -0.15) is 0 Å². The Morgan fingerprint density at radius 1 is 0.329 bits per heavy atom. The first-order valence-electron chi connectivity index (χ1n) is 34.6. The minimum Gasteiger partial charge on any atom is -0.462 e. The second-order valence-corrected chi connectivity index (χ2v) is 27.2. The fourth-order valence-electron chi connectivity index (χ4n) is 9.82. The van der Waals surface area contributed by atoms with E-state index in [1.165, 1.54) is 135 Å². The normalized spacial score (nSPS) is 14.9. The first-order chi connectivity index (χ1) is 40.9. The monoisotopic (exact) mass is 1250 g/mol. The summed E-state index contributed by atoms with van der Waals surface area (Å²) in [6.45, 7) is 9.48. The van der Waals surface area contributed by atoms with Crippen molar-refractivity contribution >= 4 is 39.5 Å². The van der Waals surface area contributed by atoms with E-state index in [2.05, 4.69) is 41.5 Å². The van der Waals surface area contributed by atoms with Gasteiger partial charge < -0.3 is 33.8 Å². The van der Waals surface area contributed by atoms with E-state index in [1.807, 2.05) is 0 Å². The second kappa shape index (κ2) is 58.4. The summed E-state index contributed by atoms with van der Waals surface area (Å²) < 4.78 is 68.0. The maximum atomic E-state index is 13.0. The van der Waals surface area contributed by atoms with Crippen LogP contribution in [-0.4, -0.2) is 96.7 Å². The van der Waals surface area contributed by atoms with Crippen LogP contribution in [0.5, 0.6) is 0 Å². The van der Waals surface area contributed by atoms with Crippen molar-refractivity contribution in [2.24, 2.45) is 11.8 Å². The third-order valence-corrected chi connectivity index (χ3v) is 17.8. The van der Waals surface area contributed by atoms with Gasteiger partial charge in [-0.1, -0.05) is 279 Å². The van der Waals surface area contributed by atoms with Crippen LogP contribution in [0.2, 0.25) is 0 Å². The molecule has 0 radical (unpaired) electrons. The number of aliphatic hydroxyl groups is 1. The van der Waals surface area contributed by atoms with Crippen LogP contribution in [0.15, 0.2) is 0 Å². The van der Waals surface area contributed by atoms with Gasteiger partial charge in [-0.25, -0.2) is 9.13 Å². The highest BCUT2D eigenvalue weighted by Gasteiger charge is 2.30. The summed E-state index contributed by atoms with van der Waals surface area (Å²) in [6.07, 6.45) is 41.7. The maximum absolute atomic E-state index is 13.0. The molecule has 0 aromatic heterocycles. The van der Waals surface area contributed by atoms with E-state index in [-0.39, 0.29) is 25.7 Å². The highest BCUT2D eigenvalue weighted by atomic mass is 31.2. The number of phosphoric acid groups is 2. The molecular weight excluding hydrogens is 1130 g/mol. The number of phosphoric ester groups is 2. The van der Waals surface area contributed by atoms with E-state index < -0.39 is 97.5 Å². The van der Waals surface area contributed by atoms with Crippen LogP contribution in [0, 0.1) is 11.8 Å². The highest BCUT2D eigenvalue weighted by Crippen LogP contribution is 2.45. The molecule has 0 aromatic rings. The van der Waals surface area contributed by atoms with Crippen molar-refractivity contribution in [3.05, 3.63) is 0 Å². The Hall–Kier alpha value is -1.94. The first kappa shape index (κ1) is 83.1. The van der Waals surface area contributed by atoms with Gasteiger partial charge in [0.2, 0.25) is 0 Å². The topological polar surface area (TPSA) is 237 Å². The molecule has 19 heteroatoms. The van der Waals surface area contributed by atoms with E-state index in [4.69, 9.17) is 37.0 Å². The molecule has 0 aliphatic heterocycles. The second-order valence-electron chi connectivity index (χ2n) is 24.3. The quantitative estimate of drug-likeness (QED) is 0.0222. The molecule has 0 saturated carbocycles. The number of carbonyl (C=O) groups excluding carboxylic acids is 4. The van der Waals surface area contributed by atoms with Gasteiger partial charge in [0.15, 0.2) is 12.2 Å². The van der Waals surface area contributed by atoms with Crippen molar-refractivity contribution in [2.45, 2.75) is 349 Å². The molecule has 0 amide bonds. The minimum absolute atomic E-state index is 0.105. The third-order valence-electron chi connectivity index (χ3n) is 15.9. The molecule has 85 heavy (non-hydrogen) atoms. The molecule has 0 spiro atoms. The van der Waals surface area contributed by atoms with Gasteiger partial charge in [-0.3, -0.25) is 37.3 Å². The zero-order valence-corrected chi connectivity index (χ0v) is 56.7. The van der Waals surface area contributed by atoms with Crippen molar-refractivity contribution in [2.75, 3.05) is 39.6 Å². The lowest BCUT2D eigenvalue weighted by Crippen LogP contribution is -2.30. The largest absolute Gasteiger partial charge is 0.472 e. The van der Waals surface area contributed by atoms with Crippen molar-refractivity contribution in [1.29, 1.82) is 0 Å². The number of aliphatic hydroxyl groups excluding tert-OH is 1. The Morgan fingerprint density at radius 2 is 0.565 bits per heavy atom. The SMILES string of the molecule is CCCCCCCCCCCC(=O)O[C@H](COC(=O)CCCCCCCCCC)COP(=O)(O)OC[C@H](O)COP(=O)(O)OC[C@@H](COC(=O)CCCCCCCCC(C)CC)OC(=O)CCCCCCCCCCCCCCCCC(C)CC. The number of rotatable bonds is 65. The molecule has 3 N–H and O–H groups in total. The highest BCUT2D eigenvalue weighted by molar-refractivity contribution is 7.47. The van der Waals surface area contributed by atoms with Crippen LogP contribution in [0.1, 0.15) is 330 Å². The van der Waals surface area contributed by atoms with Gasteiger partial charge >= 0.3 is 39.5 Å². The number of hydrogen-bond donors (Lipinski definition) is 3. The minimum atomic E-state index is -4.95. The molecular formula is C66H128O17P2. The van der Waals surface area contributed by atoms with Crippen LogP contribution in [-0.2, 0) is 65.4 Å². The number of esters is 4. The molecule has 0 saturated heterocycles. The van der Waals surface area contributed by atoms with Crippen molar-refractivity contribution in [3.8, 4) is 0 Å². The number of ether oxygens (including phenoxy) is 4. The molecule has 0 fully saturated rings. The predicted octanol–water partition coefficient (Wildman–Crippen LogP) is 18.4. The summed E-state index contributed by atoms with van der Waals surface area (Å²) in [5, 5.41) is 10.5. The molecule has 0 bridgehead atoms.